The van der Waals surface area contributed by atoms with E-state index < -0.39 is 34.4 Å². The van der Waals surface area contributed by atoms with Crippen molar-refractivity contribution in [2.75, 3.05) is 13.1 Å². The van der Waals surface area contributed by atoms with E-state index in [1.54, 1.807) is 6.92 Å². The number of carbonyl (C=O) groups excluding carboxylic acids is 1. The lowest BCUT2D eigenvalue weighted by Crippen LogP contribution is -2.49. The van der Waals surface area contributed by atoms with E-state index in [1.165, 1.54) is 17.0 Å². The first kappa shape index (κ1) is 15.3. The van der Waals surface area contributed by atoms with Crippen molar-refractivity contribution in [2.24, 2.45) is 5.41 Å². The van der Waals surface area contributed by atoms with E-state index in [2.05, 4.69) is 0 Å². The van der Waals surface area contributed by atoms with Crippen LogP contribution in [-0.2, 0) is 4.79 Å². The van der Waals surface area contributed by atoms with Crippen molar-refractivity contribution in [3.05, 3.63) is 29.6 Å². The van der Waals surface area contributed by atoms with Gasteiger partial charge in [0.05, 0.1) is 5.41 Å². The molecule has 6 heteroatoms. The molecule has 1 aromatic carbocycles. The van der Waals surface area contributed by atoms with Gasteiger partial charge in [0, 0.05) is 13.1 Å². The van der Waals surface area contributed by atoms with E-state index in [1.807, 2.05) is 0 Å². The SMILES string of the molecule is CCC1(C(=O)O)CCCN(C(=O)c2c(O)cccc2F)C1. The molecule has 2 rings (SSSR count). The third kappa shape index (κ3) is 2.70. The molecule has 0 radical (unpaired) electrons. The number of aromatic hydroxyl groups is 1. The Balaban J connectivity index is 2.30. The predicted octanol–water partition coefficient (Wildman–Crippen LogP) is 2.25. The largest absolute Gasteiger partial charge is 0.507 e. The van der Waals surface area contributed by atoms with Gasteiger partial charge in [-0.1, -0.05) is 13.0 Å². The number of phenolic OH excluding ortho intramolecular Hbond substituents is 1. The number of carbonyl (C=O) groups is 2. The molecule has 1 heterocycles. The second-order valence-electron chi connectivity index (χ2n) is 5.40. The van der Waals surface area contributed by atoms with Crippen LogP contribution in [0, 0.1) is 11.2 Å². The van der Waals surface area contributed by atoms with Crippen LogP contribution in [0.2, 0.25) is 0 Å². The average molecular weight is 295 g/mol. The molecule has 0 spiro atoms. The van der Waals surface area contributed by atoms with E-state index in [0.717, 1.165) is 6.07 Å². The van der Waals surface area contributed by atoms with Crippen molar-refractivity contribution in [1.82, 2.24) is 4.90 Å². The van der Waals surface area contributed by atoms with Crippen molar-refractivity contribution >= 4 is 11.9 Å². The summed E-state index contributed by atoms with van der Waals surface area (Å²) in [6, 6.07) is 3.65. The van der Waals surface area contributed by atoms with Crippen LogP contribution in [0.4, 0.5) is 4.39 Å². The minimum Gasteiger partial charge on any atom is -0.507 e. The average Bonchev–Trinajstić information content (AvgIpc) is 2.46. The molecule has 0 aliphatic carbocycles. The molecule has 1 saturated heterocycles. The van der Waals surface area contributed by atoms with Gasteiger partial charge in [0.25, 0.3) is 5.91 Å². The second-order valence-corrected chi connectivity index (χ2v) is 5.40. The van der Waals surface area contributed by atoms with Gasteiger partial charge in [0.1, 0.15) is 17.1 Å². The molecule has 1 atom stereocenters. The van der Waals surface area contributed by atoms with Gasteiger partial charge < -0.3 is 15.1 Å². The third-order valence-corrected chi connectivity index (χ3v) is 4.20. The molecular weight excluding hydrogens is 277 g/mol. The Hall–Kier alpha value is -2.11. The monoisotopic (exact) mass is 295 g/mol. The molecule has 1 unspecified atom stereocenters. The zero-order valence-corrected chi connectivity index (χ0v) is 11.8. The fourth-order valence-corrected chi connectivity index (χ4v) is 2.80. The van der Waals surface area contributed by atoms with Crippen LogP contribution < -0.4 is 0 Å². The van der Waals surface area contributed by atoms with Gasteiger partial charge in [-0.05, 0) is 31.4 Å². The number of nitrogens with zero attached hydrogens (tertiary/aromatic N) is 1. The molecule has 1 aromatic rings. The van der Waals surface area contributed by atoms with Crippen LogP contribution in [0.15, 0.2) is 18.2 Å². The van der Waals surface area contributed by atoms with Crippen molar-refractivity contribution < 1.29 is 24.2 Å². The highest BCUT2D eigenvalue weighted by Crippen LogP contribution is 2.35. The number of benzene rings is 1. The van der Waals surface area contributed by atoms with Gasteiger partial charge in [-0.2, -0.15) is 0 Å². The van der Waals surface area contributed by atoms with Gasteiger partial charge in [-0.25, -0.2) is 4.39 Å². The first-order valence-electron chi connectivity index (χ1n) is 6.91. The Morgan fingerprint density at radius 3 is 2.71 bits per heavy atom. The molecule has 114 valence electrons. The Bertz CT molecular complexity index is 555. The summed E-state index contributed by atoms with van der Waals surface area (Å²) in [5.41, 5.74) is -1.38. The Morgan fingerprint density at radius 2 is 2.14 bits per heavy atom. The molecule has 2 N–H and O–H groups in total. The smallest absolute Gasteiger partial charge is 0.311 e. The second kappa shape index (κ2) is 5.71. The lowest BCUT2D eigenvalue weighted by molar-refractivity contribution is -0.152. The van der Waals surface area contributed by atoms with Crippen molar-refractivity contribution in [3.8, 4) is 5.75 Å². The fraction of sp³-hybridized carbons (Fsp3) is 0.467. The van der Waals surface area contributed by atoms with E-state index in [9.17, 15) is 24.2 Å². The Morgan fingerprint density at radius 1 is 1.43 bits per heavy atom. The number of hydrogen-bond donors (Lipinski definition) is 2. The number of carboxylic acid groups (broad SMARTS) is 1. The van der Waals surface area contributed by atoms with Crippen LogP contribution in [0.3, 0.4) is 0 Å². The quantitative estimate of drug-likeness (QED) is 0.896. The summed E-state index contributed by atoms with van der Waals surface area (Å²) in [4.78, 5) is 25.2. The highest BCUT2D eigenvalue weighted by Gasteiger charge is 2.42. The molecule has 0 bridgehead atoms. The zero-order valence-electron chi connectivity index (χ0n) is 11.8. The van der Waals surface area contributed by atoms with Crippen molar-refractivity contribution in [3.63, 3.8) is 0 Å². The number of rotatable bonds is 3. The summed E-state index contributed by atoms with van der Waals surface area (Å²) in [6.07, 6.45) is 1.43. The van der Waals surface area contributed by atoms with E-state index in [4.69, 9.17) is 0 Å². The minimum atomic E-state index is -0.991. The minimum absolute atomic E-state index is 0.0332. The number of hydrogen-bond acceptors (Lipinski definition) is 3. The van der Waals surface area contributed by atoms with Gasteiger partial charge in [0.15, 0.2) is 0 Å². The number of aliphatic carboxylic acids is 1. The molecule has 1 aliphatic rings. The van der Waals surface area contributed by atoms with Crippen LogP contribution in [0.25, 0.3) is 0 Å². The summed E-state index contributed by atoms with van der Waals surface area (Å²) < 4.78 is 13.8. The number of phenols is 1. The van der Waals surface area contributed by atoms with E-state index in [-0.39, 0.29) is 6.54 Å². The van der Waals surface area contributed by atoms with E-state index >= 15 is 0 Å². The lowest BCUT2D eigenvalue weighted by atomic mass is 9.77. The number of carboxylic acids is 1. The third-order valence-electron chi connectivity index (χ3n) is 4.20. The number of halogens is 1. The summed E-state index contributed by atoms with van der Waals surface area (Å²) in [7, 11) is 0. The normalized spacial score (nSPS) is 22.1. The first-order chi connectivity index (χ1) is 9.91. The van der Waals surface area contributed by atoms with Crippen molar-refractivity contribution in [2.45, 2.75) is 26.2 Å². The Kier molecular flexibility index (Phi) is 4.16. The molecule has 0 saturated carbocycles. The lowest BCUT2D eigenvalue weighted by Gasteiger charge is -2.39. The molecule has 1 fully saturated rings. The first-order valence-corrected chi connectivity index (χ1v) is 6.91. The number of piperidine rings is 1. The van der Waals surface area contributed by atoms with Crippen LogP contribution in [-0.4, -0.2) is 40.1 Å². The molecule has 0 aromatic heterocycles. The summed E-state index contributed by atoms with van der Waals surface area (Å²) >= 11 is 0. The topological polar surface area (TPSA) is 77.8 Å². The van der Waals surface area contributed by atoms with Gasteiger partial charge in [-0.3, -0.25) is 9.59 Å². The Labute approximate surface area is 122 Å². The van der Waals surface area contributed by atoms with Gasteiger partial charge in [0.2, 0.25) is 0 Å². The highest BCUT2D eigenvalue weighted by molar-refractivity contribution is 5.97. The summed E-state index contributed by atoms with van der Waals surface area (Å²) in [6.45, 7) is 2.16. The summed E-state index contributed by atoms with van der Waals surface area (Å²) in [5, 5.41) is 19.1. The predicted molar refractivity (Wildman–Crippen MR) is 73.6 cm³/mol. The van der Waals surface area contributed by atoms with Crippen LogP contribution in [0.5, 0.6) is 5.75 Å². The maximum Gasteiger partial charge on any atom is 0.311 e. The van der Waals surface area contributed by atoms with Crippen molar-refractivity contribution in [1.29, 1.82) is 0 Å². The number of likely N-dealkylation sites (tertiary alicyclic amines) is 1. The highest BCUT2D eigenvalue weighted by atomic mass is 19.1. The number of amides is 1. The maximum atomic E-state index is 13.8. The summed E-state index contributed by atoms with van der Waals surface area (Å²) in [5.74, 6) is -2.84. The molecule has 5 nitrogen and oxygen atoms in total. The maximum absolute atomic E-state index is 13.8. The molecule has 21 heavy (non-hydrogen) atoms. The van der Waals surface area contributed by atoms with Crippen LogP contribution in [0.1, 0.15) is 36.5 Å². The fourth-order valence-electron chi connectivity index (χ4n) is 2.80. The van der Waals surface area contributed by atoms with Gasteiger partial charge >= 0.3 is 5.97 Å². The van der Waals surface area contributed by atoms with E-state index in [0.29, 0.717) is 25.8 Å². The van der Waals surface area contributed by atoms with Gasteiger partial charge in [-0.15, -0.1) is 0 Å². The molecule has 1 amide bonds. The van der Waals surface area contributed by atoms with Crippen LogP contribution >= 0.6 is 0 Å². The molecular formula is C15H18FNO4. The zero-order chi connectivity index (χ0) is 15.6. The molecule has 1 aliphatic heterocycles. The standard InChI is InChI=1S/C15H18FNO4/c1-2-15(14(20)21)7-4-8-17(9-15)13(19)12-10(16)5-3-6-11(12)18/h3,5-6,18H,2,4,7-9H2,1H3,(H,20,21).